The summed E-state index contributed by atoms with van der Waals surface area (Å²) in [5.41, 5.74) is 5.19. The van der Waals surface area contributed by atoms with E-state index in [4.69, 9.17) is 9.47 Å². The van der Waals surface area contributed by atoms with E-state index in [-0.39, 0.29) is 18.4 Å². The maximum absolute atomic E-state index is 6.53. The minimum absolute atomic E-state index is 0.0287. The van der Waals surface area contributed by atoms with Crippen LogP contribution < -0.4 is 0 Å². The average molecular weight is 507 g/mol. The zero-order valence-electron chi connectivity index (χ0n) is 22.2. The van der Waals surface area contributed by atoms with Crippen molar-refractivity contribution in [3.8, 4) is 0 Å². The van der Waals surface area contributed by atoms with Crippen LogP contribution in [0, 0.1) is 0 Å². The van der Waals surface area contributed by atoms with Crippen LogP contribution in [0.1, 0.15) is 29.2 Å². The summed E-state index contributed by atoms with van der Waals surface area (Å²) < 4.78 is 12.0. The van der Waals surface area contributed by atoms with Crippen molar-refractivity contribution in [2.75, 3.05) is 13.2 Å². The molecule has 2 unspecified atom stereocenters. The standard InChI is InChI=1S/C34H38N2O2/c1-28(37-26-33-27-38-33)34(35(22-29-14-6-2-7-15-29)23-30-16-8-3-9-17-30)36(24-31-18-10-4-11-19-31)25-32-20-12-5-13-21-32/h2-21,28,33-34H,22-27H2,1H3. The molecule has 0 spiro atoms. The Balaban J connectivity index is 1.52. The number of epoxide rings is 1. The summed E-state index contributed by atoms with van der Waals surface area (Å²) in [5.74, 6) is 0. The van der Waals surface area contributed by atoms with Gasteiger partial charge in [-0.25, -0.2) is 0 Å². The molecule has 0 bridgehead atoms. The molecule has 4 aromatic carbocycles. The first-order valence-electron chi connectivity index (χ1n) is 13.6. The Hall–Kier alpha value is -3.28. The molecule has 0 aliphatic carbocycles. The predicted molar refractivity (Wildman–Crippen MR) is 153 cm³/mol. The van der Waals surface area contributed by atoms with Crippen LogP contribution in [0.4, 0.5) is 0 Å². The smallest absolute Gasteiger partial charge is 0.104 e. The van der Waals surface area contributed by atoms with Gasteiger partial charge in [0.1, 0.15) is 6.10 Å². The van der Waals surface area contributed by atoms with E-state index >= 15 is 0 Å². The van der Waals surface area contributed by atoms with Gasteiger partial charge in [-0.3, -0.25) is 9.80 Å². The highest BCUT2D eigenvalue weighted by atomic mass is 16.6. The third-order valence-electron chi connectivity index (χ3n) is 7.03. The normalized spacial score (nSPS) is 15.7. The average Bonchev–Trinajstić information content (AvgIpc) is 3.79. The molecule has 1 fully saturated rings. The maximum Gasteiger partial charge on any atom is 0.104 e. The molecule has 0 N–H and O–H groups in total. The van der Waals surface area contributed by atoms with Crippen LogP contribution >= 0.6 is 0 Å². The molecule has 0 radical (unpaired) electrons. The van der Waals surface area contributed by atoms with E-state index in [2.05, 4.69) is 138 Å². The van der Waals surface area contributed by atoms with E-state index in [0.717, 1.165) is 32.8 Å². The molecule has 196 valence electrons. The Morgan fingerprint density at radius 3 is 1.21 bits per heavy atom. The van der Waals surface area contributed by atoms with Gasteiger partial charge in [0.2, 0.25) is 0 Å². The van der Waals surface area contributed by atoms with E-state index in [1.54, 1.807) is 0 Å². The van der Waals surface area contributed by atoms with Crippen LogP contribution in [0.15, 0.2) is 121 Å². The van der Waals surface area contributed by atoms with E-state index in [9.17, 15) is 0 Å². The Morgan fingerprint density at radius 1 is 0.605 bits per heavy atom. The third-order valence-corrected chi connectivity index (χ3v) is 7.03. The Morgan fingerprint density at radius 2 is 0.921 bits per heavy atom. The zero-order valence-corrected chi connectivity index (χ0v) is 22.2. The van der Waals surface area contributed by atoms with E-state index in [0.29, 0.717) is 6.61 Å². The van der Waals surface area contributed by atoms with E-state index in [1.807, 2.05) is 0 Å². The van der Waals surface area contributed by atoms with Gasteiger partial charge in [-0.05, 0) is 29.2 Å². The fourth-order valence-corrected chi connectivity index (χ4v) is 5.09. The second-order valence-corrected chi connectivity index (χ2v) is 10.2. The van der Waals surface area contributed by atoms with Crippen molar-refractivity contribution in [2.45, 2.75) is 51.5 Å². The fourth-order valence-electron chi connectivity index (χ4n) is 5.09. The minimum Gasteiger partial charge on any atom is -0.373 e. The highest BCUT2D eigenvalue weighted by molar-refractivity contribution is 5.20. The monoisotopic (exact) mass is 506 g/mol. The van der Waals surface area contributed by atoms with Gasteiger partial charge in [0.25, 0.3) is 0 Å². The number of benzene rings is 4. The van der Waals surface area contributed by atoms with Crippen LogP contribution in [0.5, 0.6) is 0 Å². The highest BCUT2D eigenvalue weighted by Crippen LogP contribution is 2.25. The Labute approximate surface area is 227 Å². The summed E-state index contributed by atoms with van der Waals surface area (Å²) in [6.45, 7) is 6.96. The van der Waals surface area contributed by atoms with Crippen molar-refractivity contribution < 1.29 is 9.47 Å². The van der Waals surface area contributed by atoms with Crippen LogP contribution in [-0.2, 0) is 35.7 Å². The number of ether oxygens (including phenoxy) is 2. The van der Waals surface area contributed by atoms with Crippen LogP contribution in [0.2, 0.25) is 0 Å². The summed E-state index contributed by atoms with van der Waals surface area (Å²) >= 11 is 0. The van der Waals surface area contributed by atoms with Gasteiger partial charge in [-0.15, -0.1) is 0 Å². The topological polar surface area (TPSA) is 28.2 Å². The minimum atomic E-state index is -0.0287. The molecule has 4 heteroatoms. The van der Waals surface area contributed by atoms with E-state index in [1.165, 1.54) is 22.3 Å². The van der Waals surface area contributed by atoms with Gasteiger partial charge in [0.15, 0.2) is 0 Å². The maximum atomic E-state index is 6.53. The lowest BCUT2D eigenvalue weighted by atomic mass is 10.1. The predicted octanol–water partition coefficient (Wildman–Crippen LogP) is 6.52. The first-order chi connectivity index (χ1) is 18.7. The van der Waals surface area contributed by atoms with Gasteiger partial charge in [0.05, 0.1) is 25.5 Å². The summed E-state index contributed by atoms with van der Waals surface area (Å²) in [5, 5.41) is 0. The van der Waals surface area contributed by atoms with Crippen molar-refractivity contribution >= 4 is 0 Å². The lowest BCUT2D eigenvalue weighted by Crippen LogP contribution is -2.54. The number of nitrogens with zero attached hydrogens (tertiary/aromatic N) is 2. The molecule has 0 saturated carbocycles. The largest absolute Gasteiger partial charge is 0.373 e. The zero-order chi connectivity index (χ0) is 26.0. The second kappa shape index (κ2) is 13.5. The van der Waals surface area contributed by atoms with Crippen molar-refractivity contribution in [1.82, 2.24) is 9.80 Å². The molecule has 0 aromatic heterocycles. The lowest BCUT2D eigenvalue weighted by molar-refractivity contribution is -0.0895. The molecule has 1 heterocycles. The van der Waals surface area contributed by atoms with Crippen molar-refractivity contribution in [2.24, 2.45) is 0 Å². The second-order valence-electron chi connectivity index (χ2n) is 10.2. The number of rotatable bonds is 14. The quantitative estimate of drug-likeness (QED) is 0.144. The van der Waals surface area contributed by atoms with Crippen molar-refractivity contribution in [3.63, 3.8) is 0 Å². The summed E-state index contributed by atoms with van der Waals surface area (Å²) in [6.07, 6.45) is 0.236. The Kier molecular flexibility index (Phi) is 9.35. The molecule has 4 aromatic rings. The molecule has 1 aliphatic rings. The summed E-state index contributed by atoms with van der Waals surface area (Å²) in [7, 11) is 0. The van der Waals surface area contributed by atoms with Gasteiger partial charge in [-0.1, -0.05) is 121 Å². The molecular weight excluding hydrogens is 468 g/mol. The van der Waals surface area contributed by atoms with Crippen molar-refractivity contribution in [1.29, 1.82) is 0 Å². The number of hydrogen-bond acceptors (Lipinski definition) is 4. The third kappa shape index (κ3) is 7.86. The van der Waals surface area contributed by atoms with E-state index < -0.39 is 0 Å². The highest BCUT2D eigenvalue weighted by Gasteiger charge is 2.33. The lowest BCUT2D eigenvalue weighted by Gasteiger charge is -2.43. The first-order valence-corrected chi connectivity index (χ1v) is 13.6. The fraction of sp³-hybridized carbons (Fsp3) is 0.294. The SMILES string of the molecule is CC(OCC1CO1)C(N(Cc1ccccc1)Cc1ccccc1)N(Cc1ccccc1)Cc1ccccc1. The Bertz CT molecular complexity index is 1030. The summed E-state index contributed by atoms with van der Waals surface area (Å²) in [4.78, 5) is 5.16. The van der Waals surface area contributed by atoms with Crippen LogP contribution in [-0.4, -0.2) is 41.4 Å². The van der Waals surface area contributed by atoms with Crippen molar-refractivity contribution in [3.05, 3.63) is 144 Å². The molecular formula is C34H38N2O2. The van der Waals surface area contributed by atoms with Gasteiger partial charge >= 0.3 is 0 Å². The van der Waals surface area contributed by atoms with Crippen LogP contribution in [0.25, 0.3) is 0 Å². The molecule has 1 saturated heterocycles. The summed E-state index contributed by atoms with van der Waals surface area (Å²) in [6, 6.07) is 43.1. The molecule has 5 rings (SSSR count). The first kappa shape index (κ1) is 26.3. The van der Waals surface area contributed by atoms with Gasteiger partial charge in [-0.2, -0.15) is 0 Å². The van der Waals surface area contributed by atoms with Gasteiger partial charge in [0, 0.05) is 26.2 Å². The molecule has 2 atom stereocenters. The number of hydrogen-bond donors (Lipinski definition) is 0. The molecule has 4 nitrogen and oxygen atoms in total. The van der Waals surface area contributed by atoms with Gasteiger partial charge < -0.3 is 9.47 Å². The molecule has 38 heavy (non-hydrogen) atoms. The van der Waals surface area contributed by atoms with Crippen LogP contribution in [0.3, 0.4) is 0 Å². The molecule has 1 aliphatic heterocycles. The molecule has 0 amide bonds.